The fourth-order valence-electron chi connectivity index (χ4n) is 3.34. The standard InChI is InChI=1S/C22H17N5O2S/c1-15-23-24-22-12-11-21(25-27(15)22)18-7-4-8-19(13-18)26-30(28,29)20-10-9-16-5-2-3-6-17(16)14-20/h2-14,26H,1H3. The molecule has 0 saturated carbocycles. The smallest absolute Gasteiger partial charge is 0.261 e. The van der Waals surface area contributed by atoms with Crippen molar-refractivity contribution in [2.24, 2.45) is 0 Å². The quantitative estimate of drug-likeness (QED) is 0.478. The number of fused-ring (bicyclic) bond motifs is 2. The highest BCUT2D eigenvalue weighted by Gasteiger charge is 2.15. The van der Waals surface area contributed by atoms with Crippen molar-refractivity contribution in [1.82, 2.24) is 19.8 Å². The van der Waals surface area contributed by atoms with Crippen molar-refractivity contribution in [1.29, 1.82) is 0 Å². The fraction of sp³-hybridized carbons (Fsp3) is 0.0455. The average molecular weight is 415 g/mol. The number of hydrogen-bond acceptors (Lipinski definition) is 5. The van der Waals surface area contributed by atoms with E-state index in [0.29, 0.717) is 22.9 Å². The van der Waals surface area contributed by atoms with Gasteiger partial charge in [0.15, 0.2) is 11.5 Å². The Hall–Kier alpha value is -3.78. The first-order valence-corrected chi connectivity index (χ1v) is 10.8. The van der Waals surface area contributed by atoms with Crippen molar-refractivity contribution in [3.63, 3.8) is 0 Å². The van der Waals surface area contributed by atoms with E-state index >= 15 is 0 Å². The van der Waals surface area contributed by atoms with Gasteiger partial charge in [-0.15, -0.1) is 10.2 Å². The van der Waals surface area contributed by atoms with Gasteiger partial charge in [-0.25, -0.2) is 8.42 Å². The van der Waals surface area contributed by atoms with Crippen molar-refractivity contribution in [2.75, 3.05) is 4.72 Å². The molecule has 0 amide bonds. The van der Waals surface area contributed by atoms with Crippen LogP contribution in [0.5, 0.6) is 0 Å². The Morgan fingerprint density at radius 3 is 2.53 bits per heavy atom. The molecule has 0 spiro atoms. The molecule has 148 valence electrons. The van der Waals surface area contributed by atoms with Crippen molar-refractivity contribution < 1.29 is 8.42 Å². The van der Waals surface area contributed by atoms with Gasteiger partial charge in [-0.2, -0.15) is 9.61 Å². The zero-order valence-corrected chi connectivity index (χ0v) is 16.8. The minimum absolute atomic E-state index is 0.214. The first-order chi connectivity index (χ1) is 14.5. The molecule has 0 aliphatic rings. The molecule has 0 unspecified atom stereocenters. The number of nitrogens with zero attached hydrogens (tertiary/aromatic N) is 4. The number of aryl methyl sites for hydroxylation is 1. The van der Waals surface area contributed by atoms with E-state index in [-0.39, 0.29) is 4.90 Å². The SMILES string of the molecule is Cc1nnc2ccc(-c3cccc(NS(=O)(=O)c4ccc5ccccc5c4)c3)nn12. The Kier molecular flexibility index (Phi) is 4.22. The molecule has 7 nitrogen and oxygen atoms in total. The number of sulfonamides is 1. The summed E-state index contributed by atoms with van der Waals surface area (Å²) in [4.78, 5) is 0.214. The van der Waals surface area contributed by atoms with E-state index in [1.54, 1.807) is 40.9 Å². The fourth-order valence-corrected chi connectivity index (χ4v) is 4.43. The second-order valence-electron chi connectivity index (χ2n) is 6.93. The molecular formula is C22H17N5O2S. The third-order valence-corrected chi connectivity index (χ3v) is 6.24. The Morgan fingerprint density at radius 1 is 0.833 bits per heavy atom. The number of nitrogens with one attached hydrogen (secondary N) is 1. The van der Waals surface area contributed by atoms with Gasteiger partial charge in [0.05, 0.1) is 10.6 Å². The van der Waals surface area contributed by atoms with E-state index in [9.17, 15) is 8.42 Å². The molecule has 5 aromatic rings. The predicted octanol–water partition coefficient (Wildman–Crippen LogP) is 4.05. The van der Waals surface area contributed by atoms with Crippen LogP contribution >= 0.6 is 0 Å². The molecule has 2 aromatic heterocycles. The third-order valence-electron chi connectivity index (χ3n) is 4.86. The van der Waals surface area contributed by atoms with Gasteiger partial charge in [0.25, 0.3) is 10.0 Å². The molecule has 0 atom stereocenters. The maximum atomic E-state index is 12.9. The molecule has 8 heteroatoms. The molecule has 0 bridgehead atoms. The highest BCUT2D eigenvalue weighted by Crippen LogP contribution is 2.25. The normalized spacial score (nSPS) is 11.8. The van der Waals surface area contributed by atoms with Crippen molar-refractivity contribution in [3.05, 3.63) is 84.7 Å². The summed E-state index contributed by atoms with van der Waals surface area (Å²) in [5, 5.41) is 14.5. The van der Waals surface area contributed by atoms with Crippen LogP contribution in [0.3, 0.4) is 0 Å². The van der Waals surface area contributed by atoms with Crippen LogP contribution < -0.4 is 4.72 Å². The summed E-state index contributed by atoms with van der Waals surface area (Å²) in [5.41, 5.74) is 2.59. The molecular weight excluding hydrogens is 398 g/mol. The molecule has 0 radical (unpaired) electrons. The molecule has 0 aliphatic heterocycles. The van der Waals surface area contributed by atoms with E-state index in [1.807, 2.05) is 49.4 Å². The summed E-state index contributed by atoms with van der Waals surface area (Å²) in [6.07, 6.45) is 0. The van der Waals surface area contributed by atoms with Crippen LogP contribution in [0.25, 0.3) is 27.7 Å². The second-order valence-corrected chi connectivity index (χ2v) is 8.61. The molecule has 30 heavy (non-hydrogen) atoms. The van der Waals surface area contributed by atoms with Gasteiger partial charge in [-0.1, -0.05) is 42.5 Å². The Bertz CT molecular complexity index is 1510. The largest absolute Gasteiger partial charge is 0.280 e. The van der Waals surface area contributed by atoms with Crippen molar-refractivity contribution in [3.8, 4) is 11.3 Å². The van der Waals surface area contributed by atoms with Gasteiger partial charge in [-0.05, 0) is 54.1 Å². The lowest BCUT2D eigenvalue weighted by Crippen LogP contribution is -2.13. The zero-order chi connectivity index (χ0) is 20.7. The summed E-state index contributed by atoms with van der Waals surface area (Å²) in [6.45, 7) is 1.82. The number of aromatic nitrogens is 4. The predicted molar refractivity (Wildman–Crippen MR) is 116 cm³/mol. The summed E-state index contributed by atoms with van der Waals surface area (Å²) >= 11 is 0. The number of benzene rings is 3. The number of anilines is 1. The number of rotatable bonds is 4. The van der Waals surface area contributed by atoms with Gasteiger partial charge >= 0.3 is 0 Å². The van der Waals surface area contributed by atoms with E-state index < -0.39 is 10.0 Å². The van der Waals surface area contributed by atoms with Gasteiger partial charge in [0.2, 0.25) is 0 Å². The lowest BCUT2D eigenvalue weighted by atomic mass is 10.1. The van der Waals surface area contributed by atoms with Crippen LogP contribution in [0.1, 0.15) is 5.82 Å². The maximum absolute atomic E-state index is 12.9. The summed E-state index contributed by atoms with van der Waals surface area (Å²) in [5.74, 6) is 0.681. The van der Waals surface area contributed by atoms with Crippen molar-refractivity contribution in [2.45, 2.75) is 11.8 Å². The lowest BCUT2D eigenvalue weighted by molar-refractivity contribution is 0.601. The average Bonchev–Trinajstić information content (AvgIpc) is 3.13. The molecule has 3 aromatic carbocycles. The van der Waals surface area contributed by atoms with Crippen LogP contribution in [-0.4, -0.2) is 28.2 Å². The number of hydrogen-bond donors (Lipinski definition) is 1. The summed E-state index contributed by atoms with van der Waals surface area (Å²) < 4.78 is 30.2. The minimum Gasteiger partial charge on any atom is -0.280 e. The maximum Gasteiger partial charge on any atom is 0.261 e. The molecule has 1 N–H and O–H groups in total. The Labute approximate surface area is 173 Å². The van der Waals surface area contributed by atoms with E-state index in [2.05, 4.69) is 20.0 Å². The zero-order valence-electron chi connectivity index (χ0n) is 16.0. The van der Waals surface area contributed by atoms with Gasteiger partial charge in [0.1, 0.15) is 0 Å². The topological polar surface area (TPSA) is 89.2 Å². The molecule has 0 aliphatic carbocycles. The first-order valence-electron chi connectivity index (χ1n) is 9.31. The lowest BCUT2D eigenvalue weighted by Gasteiger charge is -2.10. The highest BCUT2D eigenvalue weighted by molar-refractivity contribution is 7.92. The van der Waals surface area contributed by atoms with Crippen LogP contribution in [0, 0.1) is 6.92 Å². The van der Waals surface area contributed by atoms with Crippen LogP contribution in [0.2, 0.25) is 0 Å². The Morgan fingerprint density at radius 2 is 1.67 bits per heavy atom. The first kappa shape index (κ1) is 18.3. The molecule has 2 heterocycles. The van der Waals surface area contributed by atoms with Crippen LogP contribution in [0.15, 0.2) is 83.8 Å². The summed E-state index contributed by atoms with van der Waals surface area (Å²) in [6, 6.07) is 23.5. The molecule has 0 saturated heterocycles. The van der Waals surface area contributed by atoms with E-state index in [0.717, 1.165) is 16.3 Å². The Balaban J connectivity index is 1.49. The molecule has 5 rings (SSSR count). The van der Waals surface area contributed by atoms with Crippen molar-refractivity contribution >= 4 is 32.1 Å². The van der Waals surface area contributed by atoms with Gasteiger partial charge in [-0.3, -0.25) is 4.72 Å². The summed E-state index contributed by atoms with van der Waals surface area (Å²) in [7, 11) is -3.73. The van der Waals surface area contributed by atoms with E-state index in [4.69, 9.17) is 0 Å². The van der Waals surface area contributed by atoms with Gasteiger partial charge in [0, 0.05) is 11.3 Å². The van der Waals surface area contributed by atoms with Crippen LogP contribution in [-0.2, 0) is 10.0 Å². The minimum atomic E-state index is -3.73. The second kappa shape index (κ2) is 6.93. The third kappa shape index (κ3) is 3.27. The molecule has 0 fully saturated rings. The van der Waals surface area contributed by atoms with Crippen LogP contribution in [0.4, 0.5) is 5.69 Å². The van der Waals surface area contributed by atoms with Gasteiger partial charge < -0.3 is 0 Å². The van der Waals surface area contributed by atoms with E-state index in [1.165, 1.54) is 0 Å². The monoisotopic (exact) mass is 415 g/mol. The highest BCUT2D eigenvalue weighted by atomic mass is 32.2.